The molecule has 2 heterocycles. The van der Waals surface area contributed by atoms with Gasteiger partial charge in [0.15, 0.2) is 0 Å². The first-order chi connectivity index (χ1) is 22.8. The van der Waals surface area contributed by atoms with Crippen LogP contribution in [-0.4, -0.2) is 55.7 Å². The van der Waals surface area contributed by atoms with Crippen LogP contribution in [0.4, 0.5) is 5.69 Å². The van der Waals surface area contributed by atoms with E-state index >= 15 is 0 Å². The van der Waals surface area contributed by atoms with Crippen molar-refractivity contribution < 1.29 is 14.7 Å². The topological polar surface area (TPSA) is 136 Å². The summed E-state index contributed by atoms with van der Waals surface area (Å²) in [6.45, 7) is 4.51. The summed E-state index contributed by atoms with van der Waals surface area (Å²) in [6, 6.07) is 32.7. The van der Waals surface area contributed by atoms with E-state index in [1.165, 1.54) is 0 Å². The average molecular weight is 630 g/mol. The van der Waals surface area contributed by atoms with E-state index in [-0.39, 0.29) is 18.2 Å². The number of β-amino-alcohol motifs (C(OH)–C–C–N with tert-alkyl or cyclic N) is 1. The van der Waals surface area contributed by atoms with Gasteiger partial charge in [-0.15, -0.1) is 10.2 Å². The summed E-state index contributed by atoms with van der Waals surface area (Å²) in [7, 11) is 0. The van der Waals surface area contributed by atoms with Crippen molar-refractivity contribution in [3.05, 3.63) is 120 Å². The first-order valence-corrected chi connectivity index (χ1v) is 15.9. The highest BCUT2D eigenvalue weighted by Crippen LogP contribution is 2.32. The normalized spacial score (nSPS) is 15.5. The van der Waals surface area contributed by atoms with Crippen molar-refractivity contribution in [2.24, 2.45) is 0 Å². The van der Waals surface area contributed by atoms with Gasteiger partial charge in [-0.1, -0.05) is 97.1 Å². The number of benzene rings is 4. The maximum atomic E-state index is 14.1. The number of hydrogen-bond acceptors (Lipinski definition) is 7. The molecular weight excluding hydrogens is 590 g/mol. The van der Waals surface area contributed by atoms with Gasteiger partial charge in [0, 0.05) is 29.8 Å². The lowest BCUT2D eigenvalue weighted by Gasteiger charge is -2.29. The highest BCUT2D eigenvalue weighted by molar-refractivity contribution is 6.00. The van der Waals surface area contributed by atoms with Gasteiger partial charge in [-0.05, 0) is 65.8 Å². The Bertz CT molecular complexity index is 1810. The Morgan fingerprint density at radius 2 is 1.66 bits per heavy atom. The summed E-state index contributed by atoms with van der Waals surface area (Å²) in [6.07, 6.45) is 0.631. The Hall–Kier alpha value is -5.19. The van der Waals surface area contributed by atoms with Crippen LogP contribution in [0.2, 0.25) is 0 Å². The highest BCUT2D eigenvalue weighted by Gasteiger charge is 2.33. The summed E-state index contributed by atoms with van der Waals surface area (Å²) in [4.78, 5) is 29.2. The molecule has 0 radical (unpaired) electrons. The summed E-state index contributed by atoms with van der Waals surface area (Å²) < 4.78 is 0. The van der Waals surface area contributed by atoms with E-state index in [1.54, 1.807) is 4.90 Å². The molecule has 1 aromatic heterocycles. The number of amides is 2. The Morgan fingerprint density at radius 3 is 2.40 bits per heavy atom. The molecule has 2 atom stereocenters. The molecule has 0 unspecified atom stereocenters. The van der Waals surface area contributed by atoms with Gasteiger partial charge in [0.1, 0.15) is 6.04 Å². The van der Waals surface area contributed by atoms with Crippen LogP contribution in [0.25, 0.3) is 22.5 Å². The third-order valence-corrected chi connectivity index (χ3v) is 8.56. The SMILES string of the molecule is CC(C)(CC(=O)N[C@@H]1CCc2ccccc2N(Cc2ccc(-c3ccccc3-c3nn[nH]n3)cc2)C1=O)NC[C@H](O)c1ccccc1. The zero-order chi connectivity index (χ0) is 32.8. The van der Waals surface area contributed by atoms with Crippen LogP contribution in [0, 0.1) is 0 Å². The third kappa shape index (κ3) is 7.62. The zero-order valence-corrected chi connectivity index (χ0v) is 26.6. The van der Waals surface area contributed by atoms with Crippen molar-refractivity contribution in [3.63, 3.8) is 0 Å². The van der Waals surface area contributed by atoms with Crippen LogP contribution in [0.1, 0.15) is 49.5 Å². The predicted molar refractivity (Wildman–Crippen MR) is 181 cm³/mol. The Morgan fingerprint density at radius 1 is 0.957 bits per heavy atom. The maximum absolute atomic E-state index is 14.1. The summed E-state index contributed by atoms with van der Waals surface area (Å²) in [5.41, 5.74) is 5.95. The molecule has 2 amide bonds. The van der Waals surface area contributed by atoms with Crippen LogP contribution < -0.4 is 15.5 Å². The lowest BCUT2D eigenvalue weighted by Crippen LogP contribution is -2.51. The average Bonchev–Trinajstić information content (AvgIpc) is 3.60. The van der Waals surface area contributed by atoms with Crippen molar-refractivity contribution in [2.45, 2.75) is 57.3 Å². The van der Waals surface area contributed by atoms with E-state index in [1.807, 2.05) is 117 Å². The lowest BCUT2D eigenvalue weighted by molar-refractivity contribution is -0.128. The second kappa shape index (κ2) is 14.1. The molecular formula is C37H39N7O3. The molecule has 4 aromatic carbocycles. The number of carbonyl (C=O) groups is 2. The number of tetrazole rings is 1. The molecule has 0 spiro atoms. The number of nitrogens with one attached hydrogen (secondary N) is 3. The molecule has 6 rings (SSSR count). The first kappa shape index (κ1) is 31.8. The number of anilines is 1. The molecule has 0 saturated heterocycles. The summed E-state index contributed by atoms with van der Waals surface area (Å²) in [5, 5.41) is 31.4. The van der Waals surface area contributed by atoms with E-state index < -0.39 is 17.7 Å². The third-order valence-electron chi connectivity index (χ3n) is 8.56. The van der Waals surface area contributed by atoms with Gasteiger partial charge in [0.05, 0.1) is 12.6 Å². The number of aryl methyl sites for hydroxylation is 1. The van der Waals surface area contributed by atoms with Gasteiger partial charge in [-0.3, -0.25) is 9.59 Å². The van der Waals surface area contributed by atoms with Crippen LogP contribution >= 0.6 is 0 Å². The molecule has 0 saturated carbocycles. The fourth-order valence-electron chi connectivity index (χ4n) is 6.07. The smallest absolute Gasteiger partial charge is 0.249 e. The predicted octanol–water partition coefficient (Wildman–Crippen LogP) is 4.99. The molecule has 1 aliphatic heterocycles. The highest BCUT2D eigenvalue weighted by atomic mass is 16.3. The molecule has 0 aliphatic carbocycles. The number of aliphatic hydroxyl groups excluding tert-OH is 1. The minimum absolute atomic E-state index is 0.139. The Kier molecular flexibility index (Phi) is 9.51. The number of para-hydroxylation sites is 1. The van der Waals surface area contributed by atoms with E-state index in [2.05, 4.69) is 31.3 Å². The lowest BCUT2D eigenvalue weighted by atomic mass is 9.98. The minimum atomic E-state index is -0.691. The van der Waals surface area contributed by atoms with Crippen molar-refractivity contribution >= 4 is 17.5 Å². The quantitative estimate of drug-likeness (QED) is 0.162. The van der Waals surface area contributed by atoms with Crippen molar-refractivity contribution in [1.82, 2.24) is 31.3 Å². The number of rotatable bonds is 11. The van der Waals surface area contributed by atoms with Gasteiger partial charge >= 0.3 is 0 Å². The molecule has 4 N–H and O–H groups in total. The number of hydrogen-bond donors (Lipinski definition) is 4. The number of fused-ring (bicyclic) bond motifs is 1. The largest absolute Gasteiger partial charge is 0.387 e. The molecule has 240 valence electrons. The van der Waals surface area contributed by atoms with E-state index in [0.29, 0.717) is 31.8 Å². The van der Waals surface area contributed by atoms with Crippen molar-refractivity contribution in [1.29, 1.82) is 0 Å². The zero-order valence-electron chi connectivity index (χ0n) is 26.6. The molecule has 47 heavy (non-hydrogen) atoms. The number of aliphatic hydroxyl groups is 1. The van der Waals surface area contributed by atoms with E-state index in [9.17, 15) is 14.7 Å². The fraction of sp³-hybridized carbons (Fsp3) is 0.270. The number of aromatic nitrogens is 4. The number of nitrogens with zero attached hydrogens (tertiary/aromatic N) is 4. The number of carbonyl (C=O) groups excluding carboxylic acids is 2. The molecule has 5 aromatic rings. The van der Waals surface area contributed by atoms with Crippen LogP contribution in [0.5, 0.6) is 0 Å². The summed E-state index contributed by atoms with van der Waals surface area (Å²) >= 11 is 0. The Balaban J connectivity index is 1.14. The number of aromatic amines is 1. The second-order valence-electron chi connectivity index (χ2n) is 12.6. The minimum Gasteiger partial charge on any atom is -0.387 e. The van der Waals surface area contributed by atoms with E-state index in [4.69, 9.17) is 0 Å². The maximum Gasteiger partial charge on any atom is 0.249 e. The molecule has 10 nitrogen and oxygen atoms in total. The van der Waals surface area contributed by atoms with Gasteiger partial charge in [-0.25, -0.2) is 0 Å². The van der Waals surface area contributed by atoms with E-state index in [0.717, 1.165) is 39.1 Å². The van der Waals surface area contributed by atoms with Crippen molar-refractivity contribution in [3.8, 4) is 22.5 Å². The first-order valence-electron chi connectivity index (χ1n) is 15.9. The molecule has 10 heteroatoms. The van der Waals surface area contributed by atoms with Gasteiger partial charge in [-0.2, -0.15) is 5.21 Å². The second-order valence-corrected chi connectivity index (χ2v) is 12.6. The monoisotopic (exact) mass is 629 g/mol. The summed E-state index contributed by atoms with van der Waals surface area (Å²) in [5.74, 6) is 0.166. The Labute approximate surface area is 274 Å². The van der Waals surface area contributed by atoms with Gasteiger partial charge in [0.2, 0.25) is 17.6 Å². The van der Waals surface area contributed by atoms with Crippen LogP contribution in [0.15, 0.2) is 103 Å². The number of H-pyrrole nitrogens is 1. The molecule has 0 bridgehead atoms. The van der Waals surface area contributed by atoms with Crippen molar-refractivity contribution in [2.75, 3.05) is 11.4 Å². The molecule has 1 aliphatic rings. The van der Waals surface area contributed by atoms with Crippen LogP contribution in [0.3, 0.4) is 0 Å². The standard InChI is InChI=1S/C37H39N7O3/c1-37(2,38-23-33(45)28-11-4-3-5-12-28)22-34(46)39-31-21-20-27-10-6-9-15-32(27)44(36(31)47)24-25-16-18-26(19-17-25)29-13-7-8-14-30(29)35-40-42-43-41-35/h3-19,31,33,38,45H,20-24H2,1-2H3,(H,39,46)(H,40,41,42,43)/t31-,33+/m1/s1. The van der Waals surface area contributed by atoms with Gasteiger partial charge in [0.25, 0.3) is 0 Å². The van der Waals surface area contributed by atoms with Gasteiger partial charge < -0.3 is 20.6 Å². The molecule has 0 fully saturated rings. The van der Waals surface area contributed by atoms with Crippen LogP contribution in [-0.2, 0) is 22.6 Å². The fourth-order valence-corrected chi connectivity index (χ4v) is 6.07.